The minimum atomic E-state index is 0.233. The first kappa shape index (κ1) is 11.1. The van der Waals surface area contributed by atoms with Gasteiger partial charge in [0.1, 0.15) is 5.78 Å². The number of ketones is 1. The number of Topliss-reactive ketones (excluding diaryl/α,β-unsaturated/α-hetero) is 1. The highest BCUT2D eigenvalue weighted by molar-refractivity contribution is 5.84. The Kier molecular flexibility index (Phi) is 3.76. The summed E-state index contributed by atoms with van der Waals surface area (Å²) >= 11 is 0. The van der Waals surface area contributed by atoms with Crippen molar-refractivity contribution in [3.8, 4) is 0 Å². The molecule has 0 spiro atoms. The van der Waals surface area contributed by atoms with Gasteiger partial charge in [0.05, 0.1) is 12.1 Å². The van der Waals surface area contributed by atoms with Gasteiger partial charge < -0.3 is 4.74 Å². The molecular formula is C12H21NO2. The molecule has 2 fully saturated rings. The van der Waals surface area contributed by atoms with Crippen molar-refractivity contribution in [1.82, 2.24) is 4.90 Å². The first-order chi connectivity index (χ1) is 7.31. The van der Waals surface area contributed by atoms with Crippen molar-refractivity contribution < 1.29 is 9.53 Å². The van der Waals surface area contributed by atoms with E-state index in [4.69, 9.17) is 4.74 Å². The monoisotopic (exact) mass is 211 g/mol. The van der Waals surface area contributed by atoms with Gasteiger partial charge in [-0.3, -0.25) is 9.69 Å². The van der Waals surface area contributed by atoms with E-state index in [1.165, 1.54) is 6.42 Å². The second-order valence-corrected chi connectivity index (χ2v) is 4.70. The van der Waals surface area contributed by atoms with Crippen molar-refractivity contribution in [2.45, 2.75) is 50.7 Å². The van der Waals surface area contributed by atoms with Crippen LogP contribution < -0.4 is 0 Å². The van der Waals surface area contributed by atoms with Crippen LogP contribution >= 0.6 is 0 Å². The van der Waals surface area contributed by atoms with Gasteiger partial charge in [0.2, 0.25) is 0 Å². The maximum absolute atomic E-state index is 11.8. The largest absolute Gasteiger partial charge is 0.381 e. The zero-order valence-electron chi connectivity index (χ0n) is 9.58. The summed E-state index contributed by atoms with van der Waals surface area (Å²) in [6.45, 7) is 2.07. The summed E-state index contributed by atoms with van der Waals surface area (Å²) in [6.07, 6.45) is 6.79. The minimum Gasteiger partial charge on any atom is -0.381 e. The number of carbonyl (C=O) groups excluding carboxylic acids is 1. The highest BCUT2D eigenvalue weighted by Gasteiger charge is 2.30. The van der Waals surface area contributed by atoms with Crippen LogP contribution in [0.1, 0.15) is 38.5 Å². The molecule has 0 N–H and O–H groups in total. The van der Waals surface area contributed by atoms with Gasteiger partial charge in [-0.05, 0) is 25.7 Å². The van der Waals surface area contributed by atoms with Gasteiger partial charge in [0.15, 0.2) is 0 Å². The molecule has 15 heavy (non-hydrogen) atoms. The van der Waals surface area contributed by atoms with Crippen molar-refractivity contribution in [3.05, 3.63) is 0 Å². The Labute approximate surface area is 91.8 Å². The molecule has 3 nitrogen and oxygen atoms in total. The topological polar surface area (TPSA) is 29.5 Å². The predicted molar refractivity (Wildman–Crippen MR) is 58.9 cm³/mol. The normalized spacial score (nSPS) is 30.7. The number of rotatable bonds is 2. The highest BCUT2D eigenvalue weighted by Crippen LogP contribution is 2.23. The second kappa shape index (κ2) is 5.08. The molecule has 2 aliphatic rings. The van der Waals surface area contributed by atoms with Crippen LogP contribution in [0.2, 0.25) is 0 Å². The Balaban J connectivity index is 1.86. The summed E-state index contributed by atoms with van der Waals surface area (Å²) in [4.78, 5) is 14.1. The number of piperidine rings is 1. The average Bonchev–Trinajstić information content (AvgIpc) is 2.30. The van der Waals surface area contributed by atoms with E-state index in [2.05, 4.69) is 4.90 Å². The number of likely N-dealkylation sites (tertiary alicyclic amines) is 1. The summed E-state index contributed by atoms with van der Waals surface area (Å²) in [5, 5.41) is 0. The summed E-state index contributed by atoms with van der Waals surface area (Å²) < 4.78 is 5.34. The van der Waals surface area contributed by atoms with Crippen LogP contribution in [-0.2, 0) is 9.53 Å². The molecule has 1 aliphatic heterocycles. The highest BCUT2D eigenvalue weighted by atomic mass is 16.5. The summed E-state index contributed by atoms with van der Waals surface area (Å²) in [7, 11) is 1.78. The van der Waals surface area contributed by atoms with Gasteiger partial charge in [0, 0.05) is 26.6 Å². The first-order valence-electron chi connectivity index (χ1n) is 6.11. The van der Waals surface area contributed by atoms with E-state index < -0.39 is 0 Å². The Morgan fingerprint density at radius 1 is 1.20 bits per heavy atom. The minimum absolute atomic E-state index is 0.233. The molecule has 1 unspecified atom stereocenters. The average molecular weight is 211 g/mol. The quantitative estimate of drug-likeness (QED) is 0.695. The number of methoxy groups -OCH3 is 1. The van der Waals surface area contributed by atoms with E-state index in [9.17, 15) is 4.79 Å². The molecule has 1 atom stereocenters. The molecular weight excluding hydrogens is 190 g/mol. The van der Waals surface area contributed by atoms with E-state index in [-0.39, 0.29) is 6.04 Å². The summed E-state index contributed by atoms with van der Waals surface area (Å²) in [6, 6.07) is 0.233. The molecule has 0 aromatic heterocycles. The lowest BCUT2D eigenvalue weighted by molar-refractivity contribution is -0.127. The Morgan fingerprint density at radius 3 is 2.53 bits per heavy atom. The third-order valence-corrected chi connectivity index (χ3v) is 3.77. The molecule has 0 aromatic rings. The van der Waals surface area contributed by atoms with Crippen LogP contribution in [0.15, 0.2) is 0 Å². The van der Waals surface area contributed by atoms with E-state index in [1.54, 1.807) is 7.11 Å². The zero-order valence-corrected chi connectivity index (χ0v) is 9.58. The lowest BCUT2D eigenvalue weighted by atomic mass is 9.91. The van der Waals surface area contributed by atoms with Gasteiger partial charge in [-0.2, -0.15) is 0 Å². The zero-order chi connectivity index (χ0) is 10.7. The van der Waals surface area contributed by atoms with E-state index in [0.29, 0.717) is 11.9 Å². The molecule has 0 amide bonds. The Morgan fingerprint density at radius 2 is 1.93 bits per heavy atom. The maximum atomic E-state index is 11.8. The van der Waals surface area contributed by atoms with E-state index in [0.717, 1.165) is 45.2 Å². The fourth-order valence-corrected chi connectivity index (χ4v) is 2.77. The first-order valence-corrected chi connectivity index (χ1v) is 6.11. The van der Waals surface area contributed by atoms with Crippen molar-refractivity contribution in [2.75, 3.05) is 20.2 Å². The van der Waals surface area contributed by atoms with E-state index >= 15 is 0 Å². The van der Waals surface area contributed by atoms with Crippen molar-refractivity contribution in [1.29, 1.82) is 0 Å². The fourth-order valence-electron chi connectivity index (χ4n) is 2.77. The lowest BCUT2D eigenvalue weighted by Gasteiger charge is -2.37. The fraction of sp³-hybridized carbons (Fsp3) is 0.917. The van der Waals surface area contributed by atoms with Gasteiger partial charge in [-0.25, -0.2) is 0 Å². The lowest BCUT2D eigenvalue weighted by Crippen LogP contribution is -2.48. The third kappa shape index (κ3) is 2.58. The molecule has 1 saturated heterocycles. The van der Waals surface area contributed by atoms with Gasteiger partial charge in [-0.1, -0.05) is 6.42 Å². The van der Waals surface area contributed by atoms with E-state index in [1.807, 2.05) is 0 Å². The number of hydrogen-bond donors (Lipinski definition) is 0. The number of carbonyl (C=O) groups is 1. The summed E-state index contributed by atoms with van der Waals surface area (Å²) in [5.74, 6) is 0.470. The standard InChI is InChI=1S/C12H21NO2/c1-15-10-6-8-13(9-7-10)11-4-2-3-5-12(11)14/h10-11H,2-9H2,1H3. The van der Waals surface area contributed by atoms with Crippen molar-refractivity contribution >= 4 is 5.78 Å². The molecule has 0 bridgehead atoms. The van der Waals surface area contributed by atoms with Crippen LogP contribution in [0.4, 0.5) is 0 Å². The van der Waals surface area contributed by atoms with Gasteiger partial charge >= 0.3 is 0 Å². The molecule has 2 rings (SSSR count). The molecule has 0 aromatic carbocycles. The second-order valence-electron chi connectivity index (χ2n) is 4.70. The van der Waals surface area contributed by atoms with Crippen LogP contribution in [0, 0.1) is 0 Å². The van der Waals surface area contributed by atoms with Crippen LogP contribution in [0.5, 0.6) is 0 Å². The van der Waals surface area contributed by atoms with Crippen LogP contribution in [0.25, 0.3) is 0 Å². The van der Waals surface area contributed by atoms with Crippen molar-refractivity contribution in [3.63, 3.8) is 0 Å². The SMILES string of the molecule is COC1CCN(C2CCCCC2=O)CC1. The van der Waals surface area contributed by atoms with Crippen molar-refractivity contribution in [2.24, 2.45) is 0 Å². The smallest absolute Gasteiger partial charge is 0.149 e. The van der Waals surface area contributed by atoms with Gasteiger partial charge in [-0.15, -0.1) is 0 Å². The van der Waals surface area contributed by atoms with Gasteiger partial charge in [0.25, 0.3) is 0 Å². The van der Waals surface area contributed by atoms with Crippen LogP contribution in [-0.4, -0.2) is 43.0 Å². The molecule has 0 radical (unpaired) electrons. The molecule has 1 saturated carbocycles. The van der Waals surface area contributed by atoms with Crippen LogP contribution in [0.3, 0.4) is 0 Å². The molecule has 3 heteroatoms. The predicted octanol–water partition coefficient (Wildman–Crippen LogP) is 1.61. The molecule has 1 heterocycles. The Bertz CT molecular complexity index is 222. The number of ether oxygens (including phenoxy) is 1. The maximum Gasteiger partial charge on any atom is 0.149 e. The summed E-state index contributed by atoms with van der Waals surface area (Å²) in [5.41, 5.74) is 0. The third-order valence-electron chi connectivity index (χ3n) is 3.77. The Hall–Kier alpha value is -0.410. The number of hydrogen-bond acceptors (Lipinski definition) is 3. The number of nitrogens with zero attached hydrogens (tertiary/aromatic N) is 1. The molecule has 86 valence electrons. The molecule has 1 aliphatic carbocycles.